The van der Waals surface area contributed by atoms with Crippen LogP contribution in [0, 0.1) is 17.6 Å². The summed E-state index contributed by atoms with van der Waals surface area (Å²) in [6.45, 7) is 2.69. The molecule has 0 heterocycles. The summed E-state index contributed by atoms with van der Waals surface area (Å²) in [4.78, 5) is 0. The minimum absolute atomic E-state index is 0.432. The van der Waals surface area contributed by atoms with Gasteiger partial charge in [-0.3, -0.25) is 0 Å². The minimum Gasteiger partial charge on any atom is -0.503 e. The Labute approximate surface area is 106 Å². The first kappa shape index (κ1) is 13.3. The average Bonchev–Trinajstić information content (AvgIpc) is 2.35. The van der Waals surface area contributed by atoms with Crippen LogP contribution in [0.1, 0.15) is 38.2 Å². The van der Waals surface area contributed by atoms with Crippen molar-refractivity contribution in [2.24, 2.45) is 5.92 Å². The van der Waals surface area contributed by atoms with Gasteiger partial charge < -0.3 is 10.4 Å². The highest BCUT2D eigenvalue weighted by Gasteiger charge is 2.18. The predicted octanol–water partition coefficient (Wildman–Crippen LogP) is 3.34. The normalized spacial score (nSPS) is 24.2. The SMILES string of the molecule is CC1CCC(NCc2cc(F)c(O)c(F)c2)CC1. The fraction of sp³-hybridized carbons (Fsp3) is 0.571. The van der Waals surface area contributed by atoms with E-state index in [-0.39, 0.29) is 0 Å². The third-order valence-corrected chi connectivity index (χ3v) is 3.69. The van der Waals surface area contributed by atoms with E-state index in [1.54, 1.807) is 0 Å². The first-order chi connectivity index (χ1) is 8.56. The number of benzene rings is 1. The van der Waals surface area contributed by atoms with E-state index in [9.17, 15) is 8.78 Å². The van der Waals surface area contributed by atoms with E-state index in [1.807, 2.05) is 0 Å². The second-order valence-electron chi connectivity index (χ2n) is 5.25. The molecule has 0 unspecified atom stereocenters. The topological polar surface area (TPSA) is 32.3 Å². The van der Waals surface area contributed by atoms with Gasteiger partial charge in [0, 0.05) is 12.6 Å². The van der Waals surface area contributed by atoms with Gasteiger partial charge in [-0.05, 0) is 49.3 Å². The van der Waals surface area contributed by atoms with Crippen LogP contribution in [0.15, 0.2) is 12.1 Å². The second kappa shape index (κ2) is 5.65. The molecule has 1 fully saturated rings. The Bertz CT molecular complexity index is 391. The van der Waals surface area contributed by atoms with E-state index in [1.165, 1.54) is 25.0 Å². The maximum absolute atomic E-state index is 13.1. The Hall–Kier alpha value is -1.16. The van der Waals surface area contributed by atoms with Crippen molar-refractivity contribution in [2.45, 2.75) is 45.2 Å². The third kappa shape index (κ3) is 3.19. The molecule has 4 heteroatoms. The van der Waals surface area contributed by atoms with Gasteiger partial charge in [-0.25, -0.2) is 8.78 Å². The van der Waals surface area contributed by atoms with E-state index in [0.29, 0.717) is 18.2 Å². The van der Waals surface area contributed by atoms with E-state index in [0.717, 1.165) is 18.8 Å². The van der Waals surface area contributed by atoms with Crippen molar-refractivity contribution in [1.29, 1.82) is 0 Å². The summed E-state index contributed by atoms with van der Waals surface area (Å²) in [6.07, 6.45) is 4.64. The van der Waals surface area contributed by atoms with Gasteiger partial charge >= 0.3 is 0 Å². The zero-order valence-electron chi connectivity index (χ0n) is 10.5. The molecule has 2 nitrogen and oxygen atoms in total. The highest BCUT2D eigenvalue weighted by Crippen LogP contribution is 2.24. The number of rotatable bonds is 3. The summed E-state index contributed by atoms with van der Waals surface area (Å²) in [5, 5.41) is 12.3. The molecule has 0 radical (unpaired) electrons. The van der Waals surface area contributed by atoms with Gasteiger partial charge in [-0.1, -0.05) is 6.92 Å². The van der Waals surface area contributed by atoms with Crippen LogP contribution in [0.5, 0.6) is 5.75 Å². The number of hydrogen-bond donors (Lipinski definition) is 2. The van der Waals surface area contributed by atoms with Crippen molar-refractivity contribution in [3.8, 4) is 5.75 Å². The molecule has 1 aliphatic carbocycles. The fourth-order valence-corrected chi connectivity index (χ4v) is 2.45. The van der Waals surface area contributed by atoms with Crippen molar-refractivity contribution in [3.05, 3.63) is 29.3 Å². The first-order valence-electron chi connectivity index (χ1n) is 6.46. The Morgan fingerprint density at radius 3 is 2.28 bits per heavy atom. The second-order valence-corrected chi connectivity index (χ2v) is 5.25. The Balaban J connectivity index is 1.90. The van der Waals surface area contributed by atoms with Crippen molar-refractivity contribution in [2.75, 3.05) is 0 Å². The van der Waals surface area contributed by atoms with Gasteiger partial charge in [0.15, 0.2) is 17.4 Å². The van der Waals surface area contributed by atoms with Crippen LogP contribution in [0.25, 0.3) is 0 Å². The van der Waals surface area contributed by atoms with Gasteiger partial charge in [0.1, 0.15) is 0 Å². The summed E-state index contributed by atoms with van der Waals surface area (Å²) >= 11 is 0. The van der Waals surface area contributed by atoms with Crippen LogP contribution >= 0.6 is 0 Å². The van der Waals surface area contributed by atoms with Crippen molar-refractivity contribution in [1.82, 2.24) is 5.32 Å². The van der Waals surface area contributed by atoms with Crippen LogP contribution in [0.2, 0.25) is 0 Å². The number of nitrogens with one attached hydrogen (secondary N) is 1. The molecule has 0 bridgehead atoms. The number of phenolic OH excluding ortho intramolecular Hbond substituents is 1. The molecule has 18 heavy (non-hydrogen) atoms. The molecule has 0 aromatic heterocycles. The Morgan fingerprint density at radius 1 is 1.17 bits per heavy atom. The van der Waals surface area contributed by atoms with E-state index < -0.39 is 17.4 Å². The monoisotopic (exact) mass is 255 g/mol. The number of hydrogen-bond acceptors (Lipinski definition) is 2. The van der Waals surface area contributed by atoms with Gasteiger partial charge in [-0.15, -0.1) is 0 Å². The predicted molar refractivity (Wildman–Crippen MR) is 66.3 cm³/mol. The standard InChI is InChI=1S/C14H19F2NO/c1-9-2-4-11(5-3-9)17-8-10-6-12(15)14(18)13(16)7-10/h6-7,9,11,17-18H,2-5,8H2,1H3. The molecule has 0 saturated heterocycles. The molecule has 1 aromatic carbocycles. The molecule has 2 rings (SSSR count). The smallest absolute Gasteiger partial charge is 0.187 e. The van der Waals surface area contributed by atoms with Gasteiger partial charge in [-0.2, -0.15) is 0 Å². The Kier molecular flexibility index (Phi) is 4.17. The molecular formula is C14H19F2NO. The zero-order chi connectivity index (χ0) is 13.1. The largest absolute Gasteiger partial charge is 0.503 e. The number of aromatic hydroxyl groups is 1. The molecule has 1 aliphatic rings. The average molecular weight is 255 g/mol. The molecule has 1 aromatic rings. The maximum atomic E-state index is 13.1. The van der Waals surface area contributed by atoms with E-state index >= 15 is 0 Å². The summed E-state index contributed by atoms with van der Waals surface area (Å²) in [5.41, 5.74) is 0.529. The lowest BCUT2D eigenvalue weighted by atomic mass is 9.87. The third-order valence-electron chi connectivity index (χ3n) is 3.69. The Morgan fingerprint density at radius 2 is 1.72 bits per heavy atom. The van der Waals surface area contributed by atoms with Crippen LogP contribution < -0.4 is 5.32 Å². The fourth-order valence-electron chi connectivity index (χ4n) is 2.45. The molecule has 2 N–H and O–H groups in total. The van der Waals surface area contributed by atoms with E-state index in [4.69, 9.17) is 5.11 Å². The van der Waals surface area contributed by atoms with Crippen LogP contribution in [-0.2, 0) is 6.54 Å². The molecule has 0 amide bonds. The van der Waals surface area contributed by atoms with Gasteiger partial charge in [0.2, 0.25) is 0 Å². The lowest BCUT2D eigenvalue weighted by Crippen LogP contribution is -2.32. The van der Waals surface area contributed by atoms with Gasteiger partial charge in [0.25, 0.3) is 0 Å². The molecule has 1 saturated carbocycles. The van der Waals surface area contributed by atoms with Crippen molar-refractivity contribution >= 4 is 0 Å². The van der Waals surface area contributed by atoms with Crippen LogP contribution in [-0.4, -0.2) is 11.1 Å². The summed E-state index contributed by atoms with van der Waals surface area (Å²) in [6, 6.07) is 2.79. The number of halogens is 2. The van der Waals surface area contributed by atoms with Crippen LogP contribution in [0.4, 0.5) is 8.78 Å². The highest BCUT2D eigenvalue weighted by atomic mass is 19.1. The molecule has 0 aliphatic heterocycles. The molecule has 100 valence electrons. The molecule has 0 atom stereocenters. The summed E-state index contributed by atoms with van der Waals surface area (Å²) < 4.78 is 26.3. The molecule has 0 spiro atoms. The van der Waals surface area contributed by atoms with E-state index in [2.05, 4.69) is 12.2 Å². The minimum atomic E-state index is -0.899. The quantitative estimate of drug-likeness (QED) is 0.868. The summed E-state index contributed by atoms with van der Waals surface area (Å²) in [7, 11) is 0. The van der Waals surface area contributed by atoms with Crippen molar-refractivity contribution in [3.63, 3.8) is 0 Å². The molecular weight excluding hydrogens is 236 g/mol. The van der Waals surface area contributed by atoms with Gasteiger partial charge in [0.05, 0.1) is 0 Å². The summed E-state index contributed by atoms with van der Waals surface area (Å²) in [5.74, 6) is -1.91. The highest BCUT2D eigenvalue weighted by molar-refractivity contribution is 5.29. The zero-order valence-corrected chi connectivity index (χ0v) is 10.5. The first-order valence-corrected chi connectivity index (χ1v) is 6.46. The van der Waals surface area contributed by atoms with Crippen molar-refractivity contribution < 1.29 is 13.9 Å². The lowest BCUT2D eigenvalue weighted by molar-refractivity contribution is 0.306. The number of phenols is 1. The lowest BCUT2D eigenvalue weighted by Gasteiger charge is -2.27. The maximum Gasteiger partial charge on any atom is 0.187 e. The van der Waals surface area contributed by atoms with Crippen LogP contribution in [0.3, 0.4) is 0 Å².